The van der Waals surface area contributed by atoms with Gasteiger partial charge in [0.25, 0.3) is 0 Å². The van der Waals surface area contributed by atoms with Gasteiger partial charge in [-0.25, -0.2) is 9.79 Å². The van der Waals surface area contributed by atoms with Crippen LogP contribution in [-0.2, 0) is 19.1 Å². The number of nitrogens with one attached hydrogen (secondary N) is 1. The summed E-state index contributed by atoms with van der Waals surface area (Å²) in [4.78, 5) is 32.4. The molecule has 2 aromatic carbocycles. The van der Waals surface area contributed by atoms with E-state index in [9.17, 15) is 9.59 Å². The number of thioether (sulfide) groups is 1. The smallest absolute Gasteiger partial charge is 0.338 e. The molecule has 8 nitrogen and oxygen atoms in total. The van der Waals surface area contributed by atoms with Crippen molar-refractivity contribution in [3.63, 3.8) is 0 Å². The molecule has 4 rings (SSSR count). The lowest BCUT2D eigenvalue weighted by molar-refractivity contribution is -0.136. The summed E-state index contributed by atoms with van der Waals surface area (Å²) in [6.45, 7) is 2.81. The molecule has 2 heterocycles. The van der Waals surface area contributed by atoms with Gasteiger partial charge in [-0.3, -0.25) is 4.79 Å². The molecule has 0 fully saturated rings. The first-order chi connectivity index (χ1) is 17.5. The summed E-state index contributed by atoms with van der Waals surface area (Å²) >= 11 is 1.44. The van der Waals surface area contributed by atoms with E-state index in [1.54, 1.807) is 7.11 Å². The maximum atomic E-state index is 13.1. The van der Waals surface area contributed by atoms with E-state index in [2.05, 4.69) is 5.32 Å². The Hall–Kier alpha value is -3.56. The van der Waals surface area contributed by atoms with E-state index >= 15 is 0 Å². The number of amides is 1. The van der Waals surface area contributed by atoms with Crippen LogP contribution in [0.1, 0.15) is 31.4 Å². The molecule has 0 spiro atoms. The Morgan fingerprint density at radius 2 is 1.86 bits per heavy atom. The van der Waals surface area contributed by atoms with E-state index in [0.29, 0.717) is 42.3 Å². The predicted molar refractivity (Wildman–Crippen MR) is 139 cm³/mol. The van der Waals surface area contributed by atoms with Gasteiger partial charge in [-0.1, -0.05) is 49.0 Å². The number of aliphatic imine (C=N–C) groups is 1. The van der Waals surface area contributed by atoms with E-state index in [4.69, 9.17) is 19.2 Å². The number of fused-ring (bicyclic) bond motifs is 1. The van der Waals surface area contributed by atoms with Crippen LogP contribution in [0.15, 0.2) is 82.0 Å². The van der Waals surface area contributed by atoms with Crippen LogP contribution in [0.5, 0.6) is 11.5 Å². The summed E-state index contributed by atoms with van der Waals surface area (Å²) in [5.74, 6) is 0.767. The molecule has 2 aliphatic rings. The number of para-hydroxylation sites is 1. The lowest BCUT2D eigenvalue weighted by atomic mass is 9.92. The van der Waals surface area contributed by atoms with Crippen molar-refractivity contribution in [2.45, 2.75) is 25.8 Å². The fourth-order valence-electron chi connectivity index (χ4n) is 4.12. The Morgan fingerprint density at radius 1 is 1.08 bits per heavy atom. The van der Waals surface area contributed by atoms with Crippen LogP contribution in [0.2, 0.25) is 0 Å². The molecule has 2 aliphatic heterocycles. The number of hydrogen-bond acceptors (Lipinski definition) is 8. The van der Waals surface area contributed by atoms with Crippen LogP contribution in [0.3, 0.4) is 0 Å². The predicted octanol–water partition coefficient (Wildman–Crippen LogP) is 4.77. The Kier molecular flexibility index (Phi) is 8.45. The van der Waals surface area contributed by atoms with Gasteiger partial charge in [0.15, 0.2) is 5.17 Å². The number of esters is 1. The average molecular weight is 508 g/mol. The molecule has 1 amide bonds. The first-order valence-electron chi connectivity index (χ1n) is 11.7. The van der Waals surface area contributed by atoms with Gasteiger partial charge in [-0.15, -0.1) is 0 Å². The molecule has 36 heavy (non-hydrogen) atoms. The number of ether oxygens (including phenoxy) is 3. The zero-order valence-corrected chi connectivity index (χ0v) is 21.3. The minimum atomic E-state index is -0.521. The maximum Gasteiger partial charge on any atom is 0.338 e. The number of carbonyl (C=O) groups is 2. The number of allylic oxidation sites excluding steroid dienone is 1. The summed E-state index contributed by atoms with van der Waals surface area (Å²) in [5, 5.41) is 5.50. The number of nitrogens with zero attached hydrogens (tertiary/aromatic N) is 2. The van der Waals surface area contributed by atoms with Crippen molar-refractivity contribution in [3.05, 3.63) is 82.5 Å². The van der Waals surface area contributed by atoms with Crippen LogP contribution >= 0.6 is 11.8 Å². The third kappa shape index (κ3) is 5.63. The standard InChI is InChI=1S/C27H29N3O5S/c1-4-22-24(26(32)34-3)25(18-9-8-12-21(15-18)35-20-10-6-5-7-11-20)30-19(17-36-27(30)29-22)16-23(31)28-13-14-33-2/h5-12,15,17,25H,4,13-14,16H2,1-3H3,(H,28,31)/t25-/m0/s1. The quantitative estimate of drug-likeness (QED) is 0.366. The molecule has 0 aliphatic carbocycles. The highest BCUT2D eigenvalue weighted by atomic mass is 32.2. The number of amidine groups is 1. The Morgan fingerprint density at radius 3 is 2.58 bits per heavy atom. The van der Waals surface area contributed by atoms with Crippen LogP contribution in [0.4, 0.5) is 0 Å². The van der Waals surface area contributed by atoms with Crippen molar-refractivity contribution in [1.82, 2.24) is 10.2 Å². The first-order valence-corrected chi connectivity index (χ1v) is 12.6. The van der Waals surface area contributed by atoms with E-state index in [-0.39, 0.29) is 12.3 Å². The van der Waals surface area contributed by atoms with Crippen LogP contribution < -0.4 is 10.1 Å². The highest BCUT2D eigenvalue weighted by Crippen LogP contribution is 2.46. The average Bonchev–Trinajstić information content (AvgIpc) is 3.30. The number of carbonyl (C=O) groups excluding carboxylic acids is 2. The molecule has 0 radical (unpaired) electrons. The second-order valence-corrected chi connectivity index (χ2v) is 8.94. The van der Waals surface area contributed by atoms with E-state index < -0.39 is 12.0 Å². The first kappa shape index (κ1) is 25.5. The van der Waals surface area contributed by atoms with Crippen LogP contribution in [-0.4, -0.2) is 49.3 Å². The summed E-state index contributed by atoms with van der Waals surface area (Å²) in [5.41, 5.74) is 2.70. The van der Waals surface area contributed by atoms with Crippen molar-refractivity contribution in [3.8, 4) is 11.5 Å². The molecule has 0 saturated carbocycles. The van der Waals surface area contributed by atoms with E-state index in [0.717, 1.165) is 16.4 Å². The fourth-order valence-corrected chi connectivity index (χ4v) is 5.06. The fraction of sp³-hybridized carbons (Fsp3) is 0.296. The van der Waals surface area contributed by atoms with Gasteiger partial charge < -0.3 is 24.4 Å². The summed E-state index contributed by atoms with van der Waals surface area (Å²) in [7, 11) is 2.96. The zero-order chi connectivity index (χ0) is 25.5. The molecule has 2 aromatic rings. The number of benzene rings is 2. The van der Waals surface area contributed by atoms with Gasteiger partial charge in [-0.05, 0) is 41.7 Å². The summed E-state index contributed by atoms with van der Waals surface area (Å²) in [6, 6.07) is 16.6. The van der Waals surface area contributed by atoms with Gasteiger partial charge in [0.2, 0.25) is 5.91 Å². The molecule has 1 N–H and O–H groups in total. The van der Waals surface area contributed by atoms with Gasteiger partial charge in [0.1, 0.15) is 11.5 Å². The maximum absolute atomic E-state index is 13.1. The normalized spacial score (nSPS) is 16.8. The van der Waals surface area contributed by atoms with Crippen molar-refractivity contribution >= 4 is 28.8 Å². The largest absolute Gasteiger partial charge is 0.466 e. The molecule has 0 bridgehead atoms. The second kappa shape index (κ2) is 11.9. The molecule has 9 heteroatoms. The van der Waals surface area contributed by atoms with E-state index in [1.807, 2.05) is 71.8 Å². The highest BCUT2D eigenvalue weighted by molar-refractivity contribution is 8.16. The topological polar surface area (TPSA) is 89.5 Å². The van der Waals surface area contributed by atoms with Crippen molar-refractivity contribution in [2.75, 3.05) is 27.4 Å². The van der Waals surface area contributed by atoms with Crippen molar-refractivity contribution in [1.29, 1.82) is 0 Å². The molecule has 0 saturated heterocycles. The minimum absolute atomic E-state index is 0.134. The minimum Gasteiger partial charge on any atom is -0.466 e. The highest BCUT2D eigenvalue weighted by Gasteiger charge is 2.41. The van der Waals surface area contributed by atoms with Crippen LogP contribution in [0.25, 0.3) is 0 Å². The molecule has 0 aromatic heterocycles. The van der Waals surface area contributed by atoms with Gasteiger partial charge in [0.05, 0.1) is 37.4 Å². The molecule has 188 valence electrons. The lowest BCUT2D eigenvalue weighted by Crippen LogP contribution is -2.38. The molecule has 1 atom stereocenters. The van der Waals surface area contributed by atoms with Gasteiger partial charge in [0, 0.05) is 19.4 Å². The molecular formula is C27H29N3O5S. The Balaban J connectivity index is 1.71. The summed E-state index contributed by atoms with van der Waals surface area (Å²) < 4.78 is 16.3. The van der Waals surface area contributed by atoms with E-state index in [1.165, 1.54) is 18.9 Å². The van der Waals surface area contributed by atoms with Crippen molar-refractivity contribution in [2.24, 2.45) is 4.99 Å². The van der Waals surface area contributed by atoms with Crippen molar-refractivity contribution < 1.29 is 23.8 Å². The Labute approximate surface area is 215 Å². The second-order valence-electron chi connectivity index (χ2n) is 8.11. The third-order valence-corrected chi connectivity index (χ3v) is 6.64. The Bertz CT molecular complexity index is 1210. The molecule has 0 unspecified atom stereocenters. The monoisotopic (exact) mass is 507 g/mol. The van der Waals surface area contributed by atoms with Gasteiger partial charge >= 0.3 is 5.97 Å². The number of rotatable bonds is 10. The molecular weight excluding hydrogens is 478 g/mol. The number of methoxy groups -OCH3 is 2. The number of hydrogen-bond donors (Lipinski definition) is 1. The lowest BCUT2D eigenvalue weighted by Gasteiger charge is -2.36. The summed E-state index contributed by atoms with van der Waals surface area (Å²) in [6.07, 6.45) is 0.703. The zero-order valence-electron chi connectivity index (χ0n) is 20.5. The SMILES string of the molecule is CCC1=C(C(=O)OC)[C@H](c2cccc(Oc3ccccc3)c2)N2C(CC(=O)NCCOC)=CSC2=N1. The third-order valence-electron chi connectivity index (χ3n) is 5.75. The van der Waals surface area contributed by atoms with Crippen LogP contribution in [0, 0.1) is 0 Å². The van der Waals surface area contributed by atoms with Gasteiger partial charge in [-0.2, -0.15) is 0 Å².